The molecule has 0 bridgehead atoms. The Hall–Kier alpha value is -8.14. The molecule has 0 aliphatic carbocycles. The summed E-state index contributed by atoms with van der Waals surface area (Å²) in [5, 5.41) is 4.68. The molecule has 11 aromatic rings. The van der Waals surface area contributed by atoms with Gasteiger partial charge in [-0.1, -0.05) is 133 Å². The van der Waals surface area contributed by atoms with Crippen LogP contribution in [0.25, 0.3) is 105 Å². The highest BCUT2D eigenvalue weighted by Crippen LogP contribution is 2.40. The number of nitrogens with zero attached hydrogens (tertiary/aromatic N) is 6. The van der Waals surface area contributed by atoms with Gasteiger partial charge in [0.2, 0.25) is 5.69 Å². The van der Waals surface area contributed by atoms with Gasteiger partial charge in [-0.25, -0.2) is 19.8 Å². The summed E-state index contributed by atoms with van der Waals surface area (Å²) < 4.78 is 4.55. The van der Waals surface area contributed by atoms with E-state index in [1.165, 1.54) is 21.8 Å². The molecule has 0 saturated heterocycles. The number of fused-ring (bicyclic) bond motifs is 6. The standard InChI is InChI=1S/C52H32N6/c1-53-44-33-38(52-55-50(34-15-5-2-6-16-34)54-51(56-52)35-17-7-3-8-18-35)27-30-49(44)58-46-24-14-12-22-41(46)43-32-37(26-29-48(43)58)36-25-28-47-42(31-36)40-21-11-13-23-45(40)57(47)39-19-9-4-10-20-39/h2-33H. The number of hydrogen-bond acceptors (Lipinski definition) is 3. The molecule has 0 fully saturated rings. The zero-order valence-electron chi connectivity index (χ0n) is 31.2. The minimum Gasteiger partial charge on any atom is -0.319 e. The Morgan fingerprint density at radius 3 is 1.33 bits per heavy atom. The molecule has 58 heavy (non-hydrogen) atoms. The summed E-state index contributed by atoms with van der Waals surface area (Å²) in [4.78, 5) is 18.8. The molecule has 8 aromatic carbocycles. The smallest absolute Gasteiger partial charge is 0.211 e. The van der Waals surface area contributed by atoms with E-state index in [1.54, 1.807) is 0 Å². The highest BCUT2D eigenvalue weighted by atomic mass is 15.0. The Kier molecular flexibility index (Phi) is 7.76. The first kappa shape index (κ1) is 33.2. The number of aromatic nitrogens is 5. The minimum atomic E-state index is 0.507. The molecule has 0 unspecified atom stereocenters. The van der Waals surface area contributed by atoms with Gasteiger partial charge in [0.25, 0.3) is 0 Å². The van der Waals surface area contributed by atoms with E-state index < -0.39 is 0 Å². The number of hydrogen-bond donors (Lipinski definition) is 0. The lowest BCUT2D eigenvalue weighted by atomic mass is 10.0. The first-order valence-corrected chi connectivity index (χ1v) is 19.2. The second-order valence-electron chi connectivity index (χ2n) is 14.4. The molecule has 0 radical (unpaired) electrons. The summed E-state index contributed by atoms with van der Waals surface area (Å²) in [5.74, 6) is 1.68. The maximum atomic E-state index is 8.40. The summed E-state index contributed by atoms with van der Waals surface area (Å²) >= 11 is 0. The molecule has 0 saturated carbocycles. The lowest BCUT2D eigenvalue weighted by Gasteiger charge is -2.13. The van der Waals surface area contributed by atoms with E-state index in [-0.39, 0.29) is 0 Å². The summed E-state index contributed by atoms with van der Waals surface area (Å²) in [6.07, 6.45) is 0. The Bertz CT molecular complexity index is 3340. The van der Waals surface area contributed by atoms with Gasteiger partial charge < -0.3 is 9.13 Å². The van der Waals surface area contributed by atoms with Crippen LogP contribution in [0.5, 0.6) is 0 Å². The number of benzene rings is 8. The van der Waals surface area contributed by atoms with Crippen LogP contribution in [0, 0.1) is 6.57 Å². The van der Waals surface area contributed by atoms with E-state index in [9.17, 15) is 0 Å². The number of para-hydroxylation sites is 3. The van der Waals surface area contributed by atoms with E-state index >= 15 is 0 Å². The van der Waals surface area contributed by atoms with Crippen LogP contribution in [0.15, 0.2) is 194 Å². The first-order chi connectivity index (χ1) is 28.7. The lowest BCUT2D eigenvalue weighted by molar-refractivity contribution is 1.07. The third-order valence-corrected chi connectivity index (χ3v) is 11.0. The van der Waals surface area contributed by atoms with Crippen LogP contribution in [0.4, 0.5) is 5.69 Å². The molecule has 0 spiro atoms. The van der Waals surface area contributed by atoms with Crippen molar-refractivity contribution in [3.05, 3.63) is 206 Å². The average Bonchev–Trinajstić information content (AvgIpc) is 3.81. The van der Waals surface area contributed by atoms with Crippen molar-refractivity contribution in [3.63, 3.8) is 0 Å². The van der Waals surface area contributed by atoms with Gasteiger partial charge in [-0.3, -0.25) is 0 Å². The van der Waals surface area contributed by atoms with Gasteiger partial charge in [0.15, 0.2) is 17.5 Å². The van der Waals surface area contributed by atoms with Gasteiger partial charge in [-0.15, -0.1) is 0 Å². The summed E-state index contributed by atoms with van der Waals surface area (Å²) in [6, 6.07) is 66.9. The highest BCUT2D eigenvalue weighted by molar-refractivity contribution is 6.13. The summed E-state index contributed by atoms with van der Waals surface area (Å²) in [7, 11) is 0. The Labute approximate surface area is 334 Å². The van der Waals surface area contributed by atoms with Crippen LogP contribution in [-0.4, -0.2) is 24.1 Å². The van der Waals surface area contributed by atoms with Crippen LogP contribution in [-0.2, 0) is 0 Å². The molecule has 11 rings (SSSR count). The molecule has 0 aliphatic heterocycles. The van der Waals surface area contributed by atoms with Crippen molar-refractivity contribution in [2.75, 3.05) is 0 Å². The fourth-order valence-corrected chi connectivity index (χ4v) is 8.30. The molecule has 6 heteroatoms. The third-order valence-electron chi connectivity index (χ3n) is 11.0. The molecule has 3 heterocycles. The SMILES string of the molecule is [C-]#[N+]c1cc(-c2nc(-c3ccccc3)nc(-c3ccccc3)n2)ccc1-n1c2ccccc2c2cc(-c3ccc4c(c3)c3ccccc3n4-c3ccccc3)ccc21. The number of rotatable bonds is 6. The van der Waals surface area contributed by atoms with Crippen LogP contribution in [0.2, 0.25) is 0 Å². The Morgan fingerprint density at radius 1 is 0.345 bits per heavy atom. The Balaban J connectivity index is 1.04. The molecule has 3 aromatic heterocycles. The van der Waals surface area contributed by atoms with E-state index in [0.717, 1.165) is 61.0 Å². The largest absolute Gasteiger partial charge is 0.319 e. The maximum absolute atomic E-state index is 8.40. The van der Waals surface area contributed by atoms with E-state index in [4.69, 9.17) is 21.5 Å². The van der Waals surface area contributed by atoms with Gasteiger partial charge in [0, 0.05) is 43.9 Å². The van der Waals surface area contributed by atoms with E-state index in [1.807, 2.05) is 78.9 Å². The van der Waals surface area contributed by atoms with Gasteiger partial charge in [0.05, 0.1) is 34.3 Å². The Morgan fingerprint density at radius 2 is 0.776 bits per heavy atom. The van der Waals surface area contributed by atoms with Crippen molar-refractivity contribution in [1.82, 2.24) is 24.1 Å². The van der Waals surface area contributed by atoms with E-state index in [2.05, 4.69) is 129 Å². The fraction of sp³-hybridized carbons (Fsp3) is 0. The zero-order chi connectivity index (χ0) is 38.6. The van der Waals surface area contributed by atoms with E-state index in [0.29, 0.717) is 23.2 Å². The summed E-state index contributed by atoms with van der Waals surface area (Å²) in [5.41, 5.74) is 11.7. The first-order valence-electron chi connectivity index (χ1n) is 19.2. The van der Waals surface area contributed by atoms with Crippen LogP contribution >= 0.6 is 0 Å². The van der Waals surface area contributed by atoms with Crippen molar-refractivity contribution in [3.8, 4) is 56.7 Å². The van der Waals surface area contributed by atoms with Gasteiger partial charge in [-0.2, -0.15) is 0 Å². The molecule has 0 atom stereocenters. The van der Waals surface area contributed by atoms with Crippen LogP contribution in [0.1, 0.15) is 0 Å². The predicted octanol–water partition coefficient (Wildman–Crippen LogP) is 13.3. The predicted molar refractivity (Wildman–Crippen MR) is 237 cm³/mol. The van der Waals surface area contributed by atoms with Gasteiger partial charge >= 0.3 is 0 Å². The molecule has 0 amide bonds. The topological polar surface area (TPSA) is 52.9 Å². The van der Waals surface area contributed by atoms with Crippen molar-refractivity contribution in [1.29, 1.82) is 0 Å². The van der Waals surface area contributed by atoms with Crippen LogP contribution in [0.3, 0.4) is 0 Å². The fourth-order valence-electron chi connectivity index (χ4n) is 8.30. The van der Waals surface area contributed by atoms with Crippen LogP contribution < -0.4 is 0 Å². The zero-order valence-corrected chi connectivity index (χ0v) is 31.2. The summed E-state index contributed by atoms with van der Waals surface area (Å²) in [6.45, 7) is 8.40. The van der Waals surface area contributed by atoms with Gasteiger partial charge in [-0.05, 0) is 71.8 Å². The molecular weight excluding hydrogens is 709 g/mol. The molecule has 270 valence electrons. The molecular formula is C52H32N6. The van der Waals surface area contributed by atoms with Crippen molar-refractivity contribution in [2.24, 2.45) is 0 Å². The quantitative estimate of drug-likeness (QED) is 0.160. The second kappa shape index (κ2) is 13.6. The van der Waals surface area contributed by atoms with Crippen molar-refractivity contribution < 1.29 is 0 Å². The monoisotopic (exact) mass is 740 g/mol. The highest BCUT2D eigenvalue weighted by Gasteiger charge is 2.19. The van der Waals surface area contributed by atoms with Crippen molar-refractivity contribution >= 4 is 49.3 Å². The van der Waals surface area contributed by atoms with Gasteiger partial charge in [0.1, 0.15) is 0 Å². The molecule has 0 N–H and O–H groups in total. The maximum Gasteiger partial charge on any atom is 0.211 e. The minimum absolute atomic E-state index is 0.507. The van der Waals surface area contributed by atoms with Crippen molar-refractivity contribution in [2.45, 2.75) is 0 Å². The normalized spacial score (nSPS) is 11.4. The molecule has 6 nitrogen and oxygen atoms in total. The lowest BCUT2D eigenvalue weighted by Crippen LogP contribution is -2.00. The third kappa shape index (κ3) is 5.45. The molecule has 0 aliphatic rings. The second-order valence-corrected chi connectivity index (χ2v) is 14.4. The average molecular weight is 741 g/mol.